The first kappa shape index (κ1) is 18.4. The molecule has 5 rings (SSSR count). The summed E-state index contributed by atoms with van der Waals surface area (Å²) in [5.41, 5.74) is 7.59. The molecule has 30 heavy (non-hydrogen) atoms. The number of anilines is 1. The minimum absolute atomic E-state index is 0.0994. The molecule has 2 aliphatic carbocycles. The fraction of sp³-hybridized carbons (Fsp3) is 0.107. The van der Waals surface area contributed by atoms with Crippen LogP contribution in [-0.2, 0) is 6.42 Å². The van der Waals surface area contributed by atoms with Crippen molar-refractivity contribution in [2.24, 2.45) is 5.92 Å². The van der Waals surface area contributed by atoms with Crippen LogP contribution in [0.2, 0.25) is 0 Å². The van der Waals surface area contributed by atoms with Gasteiger partial charge >= 0.3 is 0 Å². The van der Waals surface area contributed by atoms with Gasteiger partial charge in [0.05, 0.1) is 0 Å². The monoisotopic (exact) mass is 389 g/mol. The van der Waals surface area contributed by atoms with Crippen molar-refractivity contribution in [1.82, 2.24) is 0 Å². The normalized spacial score (nSPS) is 19.1. The lowest BCUT2D eigenvalue weighted by molar-refractivity contribution is 0.102. The zero-order valence-electron chi connectivity index (χ0n) is 16.7. The van der Waals surface area contributed by atoms with Crippen LogP contribution in [0.5, 0.6) is 0 Å². The first-order valence-electron chi connectivity index (χ1n) is 10.3. The number of hydrogen-bond acceptors (Lipinski definition) is 1. The number of fused-ring (bicyclic) bond motifs is 3. The van der Waals surface area contributed by atoms with Gasteiger partial charge in [-0.1, -0.05) is 91.1 Å². The van der Waals surface area contributed by atoms with Crippen LogP contribution in [0.3, 0.4) is 0 Å². The van der Waals surface area contributed by atoms with Crippen LogP contribution >= 0.6 is 0 Å². The Labute approximate surface area is 177 Å². The molecular weight excluding hydrogens is 366 g/mol. The van der Waals surface area contributed by atoms with E-state index in [1.807, 2.05) is 48.5 Å². The molecule has 2 heteroatoms. The quantitative estimate of drug-likeness (QED) is 0.506. The summed E-state index contributed by atoms with van der Waals surface area (Å²) in [4.78, 5) is 12.8. The average molecular weight is 389 g/mol. The van der Waals surface area contributed by atoms with E-state index in [9.17, 15) is 4.79 Å². The molecular formula is C28H23NO. The Bertz CT molecular complexity index is 1190. The first-order valence-corrected chi connectivity index (χ1v) is 10.3. The van der Waals surface area contributed by atoms with Crippen LogP contribution in [0.25, 0.3) is 11.1 Å². The van der Waals surface area contributed by atoms with Crippen LogP contribution < -0.4 is 5.32 Å². The van der Waals surface area contributed by atoms with Crippen molar-refractivity contribution in [2.45, 2.75) is 12.3 Å². The Morgan fingerprint density at radius 2 is 1.50 bits per heavy atom. The molecule has 2 unspecified atom stereocenters. The van der Waals surface area contributed by atoms with Gasteiger partial charge in [-0.15, -0.1) is 0 Å². The third-order valence-corrected chi connectivity index (χ3v) is 6.08. The van der Waals surface area contributed by atoms with E-state index in [0.29, 0.717) is 17.4 Å². The van der Waals surface area contributed by atoms with E-state index < -0.39 is 0 Å². The zero-order valence-corrected chi connectivity index (χ0v) is 16.7. The number of benzene rings is 3. The Kier molecular flexibility index (Phi) is 4.68. The molecule has 2 aliphatic rings. The summed E-state index contributed by atoms with van der Waals surface area (Å²) >= 11 is 0. The van der Waals surface area contributed by atoms with Crippen molar-refractivity contribution in [3.05, 3.63) is 126 Å². The maximum atomic E-state index is 12.8. The van der Waals surface area contributed by atoms with Gasteiger partial charge in [-0.05, 0) is 41.3 Å². The summed E-state index contributed by atoms with van der Waals surface area (Å²) in [5.74, 6) is 0.598. The summed E-state index contributed by atoms with van der Waals surface area (Å²) < 4.78 is 0. The summed E-state index contributed by atoms with van der Waals surface area (Å²) in [5, 5.41) is 3.11. The highest BCUT2D eigenvalue weighted by Gasteiger charge is 2.31. The Morgan fingerprint density at radius 1 is 0.800 bits per heavy atom. The molecule has 0 fully saturated rings. The van der Waals surface area contributed by atoms with E-state index in [4.69, 9.17) is 0 Å². The highest BCUT2D eigenvalue weighted by molar-refractivity contribution is 6.06. The zero-order chi connectivity index (χ0) is 20.5. The predicted octanol–water partition coefficient (Wildman–Crippen LogP) is 6.54. The lowest BCUT2D eigenvalue weighted by atomic mass is 9.69. The van der Waals surface area contributed by atoms with Crippen molar-refractivity contribution in [1.29, 1.82) is 0 Å². The molecule has 0 radical (unpaired) electrons. The van der Waals surface area contributed by atoms with Crippen LogP contribution in [0, 0.1) is 5.92 Å². The predicted molar refractivity (Wildman–Crippen MR) is 124 cm³/mol. The topological polar surface area (TPSA) is 29.1 Å². The Morgan fingerprint density at radius 3 is 2.33 bits per heavy atom. The second kappa shape index (κ2) is 7.64. The highest BCUT2D eigenvalue weighted by Crippen LogP contribution is 2.45. The second-order valence-electron chi connectivity index (χ2n) is 7.90. The highest BCUT2D eigenvalue weighted by atomic mass is 16.1. The van der Waals surface area contributed by atoms with Gasteiger partial charge in [0, 0.05) is 28.7 Å². The molecule has 146 valence electrons. The first-order chi connectivity index (χ1) is 14.7. The van der Waals surface area contributed by atoms with Gasteiger partial charge in [0.2, 0.25) is 0 Å². The van der Waals surface area contributed by atoms with Crippen molar-refractivity contribution in [3.63, 3.8) is 0 Å². The second-order valence-corrected chi connectivity index (χ2v) is 7.90. The third-order valence-electron chi connectivity index (χ3n) is 6.08. The molecule has 0 spiro atoms. The summed E-state index contributed by atoms with van der Waals surface area (Å²) in [7, 11) is 0. The van der Waals surface area contributed by atoms with Crippen molar-refractivity contribution >= 4 is 11.6 Å². The fourth-order valence-electron chi connectivity index (χ4n) is 4.62. The number of carbonyl (C=O) groups excluding carboxylic acids is 1. The molecule has 1 amide bonds. The molecule has 0 aliphatic heterocycles. The number of rotatable bonds is 3. The number of carbonyl (C=O) groups is 1. The lowest BCUT2D eigenvalue weighted by Gasteiger charge is -2.34. The van der Waals surface area contributed by atoms with Crippen LogP contribution in [0.15, 0.2) is 109 Å². The molecule has 2 atom stereocenters. The van der Waals surface area contributed by atoms with E-state index in [1.54, 1.807) is 0 Å². The standard InChI is InChI=1S/C28H23NO/c1-19-18-26-23(22-13-6-5-12-21(19)22)15-9-16-24(26)25-14-7-8-17-27(25)29-28(30)20-10-3-2-4-11-20/h2-17,21-22H,1,18H2,(H,29,30). The van der Waals surface area contributed by atoms with Crippen molar-refractivity contribution in [2.75, 3.05) is 5.32 Å². The van der Waals surface area contributed by atoms with Gasteiger partial charge in [0.15, 0.2) is 0 Å². The van der Waals surface area contributed by atoms with Crippen LogP contribution in [0.1, 0.15) is 27.4 Å². The van der Waals surface area contributed by atoms with E-state index >= 15 is 0 Å². The van der Waals surface area contributed by atoms with Crippen molar-refractivity contribution in [3.8, 4) is 11.1 Å². The van der Waals surface area contributed by atoms with Gasteiger partial charge in [-0.2, -0.15) is 0 Å². The average Bonchev–Trinajstić information content (AvgIpc) is 2.80. The van der Waals surface area contributed by atoms with Crippen LogP contribution in [-0.4, -0.2) is 5.91 Å². The smallest absolute Gasteiger partial charge is 0.255 e. The van der Waals surface area contributed by atoms with Gasteiger partial charge in [0.1, 0.15) is 0 Å². The maximum Gasteiger partial charge on any atom is 0.255 e. The number of amides is 1. The summed E-state index contributed by atoms with van der Waals surface area (Å²) in [6.07, 6.45) is 9.64. The summed E-state index contributed by atoms with van der Waals surface area (Å²) in [6, 6.07) is 23.9. The minimum Gasteiger partial charge on any atom is -0.321 e. The van der Waals surface area contributed by atoms with E-state index in [1.165, 1.54) is 22.3 Å². The van der Waals surface area contributed by atoms with Gasteiger partial charge in [-0.25, -0.2) is 0 Å². The Hall–Kier alpha value is -3.65. The molecule has 0 saturated heterocycles. The van der Waals surface area contributed by atoms with Crippen LogP contribution in [0.4, 0.5) is 5.69 Å². The molecule has 3 aromatic carbocycles. The largest absolute Gasteiger partial charge is 0.321 e. The third kappa shape index (κ3) is 3.21. The number of allylic oxidation sites excluding steroid dienone is 5. The van der Waals surface area contributed by atoms with E-state index in [0.717, 1.165) is 17.7 Å². The van der Waals surface area contributed by atoms with Gasteiger partial charge < -0.3 is 5.32 Å². The molecule has 0 aromatic heterocycles. The van der Waals surface area contributed by atoms with Gasteiger partial charge in [0.25, 0.3) is 5.91 Å². The SMILES string of the molecule is C=C1Cc2c(-c3ccccc3NC(=O)c3ccccc3)cccc2C2C=CC=CC12. The molecule has 1 N–H and O–H groups in total. The molecule has 3 aromatic rings. The molecule has 0 saturated carbocycles. The van der Waals surface area contributed by atoms with Gasteiger partial charge in [-0.3, -0.25) is 4.79 Å². The molecule has 2 nitrogen and oxygen atoms in total. The number of para-hydroxylation sites is 1. The van der Waals surface area contributed by atoms with E-state index in [2.05, 4.69) is 60.5 Å². The van der Waals surface area contributed by atoms with E-state index in [-0.39, 0.29) is 5.91 Å². The number of nitrogens with one attached hydrogen (secondary N) is 1. The molecule has 0 heterocycles. The maximum absolute atomic E-state index is 12.8. The summed E-state index contributed by atoms with van der Waals surface area (Å²) in [6.45, 7) is 4.39. The Balaban J connectivity index is 1.57. The molecule has 0 bridgehead atoms. The fourth-order valence-corrected chi connectivity index (χ4v) is 4.62. The lowest BCUT2D eigenvalue weighted by Crippen LogP contribution is -2.22. The minimum atomic E-state index is -0.0994. The van der Waals surface area contributed by atoms with Crippen molar-refractivity contribution < 1.29 is 4.79 Å². The number of hydrogen-bond donors (Lipinski definition) is 1.